The Labute approximate surface area is 125 Å². The lowest BCUT2D eigenvalue weighted by Crippen LogP contribution is -2.24. The number of alkyl halides is 1. The fraction of sp³-hybridized carbons (Fsp3) is 0.929. The number of hydrogen-bond donors (Lipinski definition) is 0. The van der Waals surface area contributed by atoms with Gasteiger partial charge in [0.2, 0.25) is 0 Å². The van der Waals surface area contributed by atoms with E-state index in [1.54, 1.807) is 6.92 Å². The zero-order chi connectivity index (χ0) is 15.8. The van der Waals surface area contributed by atoms with Crippen LogP contribution in [0.25, 0.3) is 0 Å². The number of carbonyl (C=O) groups is 1. The first-order chi connectivity index (χ1) is 10.2. The van der Waals surface area contributed by atoms with Crippen LogP contribution in [-0.2, 0) is 28.5 Å². The molecule has 0 rings (SSSR count). The molecular weight excluding hydrogens is 283 g/mol. The molecule has 0 aliphatic rings. The molecule has 0 bridgehead atoms. The monoisotopic (exact) mass is 310 g/mol. The molecule has 0 saturated carbocycles. The Hall–Kier alpha value is -0.760. The first-order valence-corrected chi connectivity index (χ1v) is 7.37. The number of esters is 1. The van der Waals surface area contributed by atoms with E-state index >= 15 is 0 Å². The smallest absolute Gasteiger partial charge is 0.368 e. The van der Waals surface area contributed by atoms with Crippen LogP contribution in [0.1, 0.15) is 26.7 Å². The molecular formula is C14H27FO6. The van der Waals surface area contributed by atoms with E-state index < -0.39 is 12.3 Å². The number of ether oxygens (including phenoxy) is 5. The van der Waals surface area contributed by atoms with Crippen LogP contribution >= 0.6 is 0 Å². The molecule has 0 heterocycles. The maximum absolute atomic E-state index is 13.0. The highest BCUT2D eigenvalue weighted by molar-refractivity contribution is 5.72. The van der Waals surface area contributed by atoms with Crippen LogP contribution in [0.4, 0.5) is 4.39 Å². The Bertz CT molecular complexity index is 240. The first-order valence-electron chi connectivity index (χ1n) is 7.37. The van der Waals surface area contributed by atoms with E-state index in [1.165, 1.54) is 0 Å². The predicted octanol–water partition coefficient (Wildman–Crippen LogP) is 1.71. The largest absolute Gasteiger partial charge is 0.462 e. The second kappa shape index (κ2) is 15.6. The average molecular weight is 310 g/mol. The molecule has 1 atom stereocenters. The fourth-order valence-electron chi connectivity index (χ4n) is 1.27. The van der Waals surface area contributed by atoms with Crippen LogP contribution in [0.5, 0.6) is 0 Å². The average Bonchev–Trinajstić information content (AvgIpc) is 2.48. The Morgan fingerprint density at radius 1 is 0.905 bits per heavy atom. The number of carbonyl (C=O) groups excluding carboxylic acids is 1. The third-order valence-corrected chi connectivity index (χ3v) is 2.35. The van der Waals surface area contributed by atoms with Crippen LogP contribution in [-0.4, -0.2) is 65.2 Å². The third-order valence-electron chi connectivity index (χ3n) is 2.35. The van der Waals surface area contributed by atoms with Gasteiger partial charge in [-0.05, 0) is 13.3 Å². The van der Waals surface area contributed by atoms with Crippen molar-refractivity contribution < 1.29 is 32.9 Å². The van der Waals surface area contributed by atoms with Crippen molar-refractivity contribution in [2.75, 3.05) is 52.9 Å². The van der Waals surface area contributed by atoms with Crippen molar-refractivity contribution in [2.45, 2.75) is 33.0 Å². The molecule has 7 heteroatoms. The SMILES string of the molecule is CCCCOCCOCCOCCOC(F)C(=O)OCC. The lowest BCUT2D eigenvalue weighted by Gasteiger charge is -2.09. The van der Waals surface area contributed by atoms with Gasteiger partial charge in [-0.1, -0.05) is 13.3 Å². The summed E-state index contributed by atoms with van der Waals surface area (Å²) in [6, 6.07) is 0. The zero-order valence-electron chi connectivity index (χ0n) is 13.0. The Morgan fingerprint density at radius 2 is 1.43 bits per heavy atom. The summed E-state index contributed by atoms with van der Waals surface area (Å²) in [7, 11) is 0. The van der Waals surface area contributed by atoms with E-state index in [0.29, 0.717) is 26.4 Å². The third kappa shape index (κ3) is 14.0. The minimum atomic E-state index is -2.05. The molecule has 0 aromatic rings. The van der Waals surface area contributed by atoms with Gasteiger partial charge in [0.1, 0.15) is 0 Å². The number of unbranched alkanes of at least 4 members (excludes halogenated alkanes) is 1. The molecule has 6 nitrogen and oxygen atoms in total. The van der Waals surface area contributed by atoms with Gasteiger partial charge in [0.15, 0.2) is 0 Å². The van der Waals surface area contributed by atoms with E-state index in [9.17, 15) is 9.18 Å². The van der Waals surface area contributed by atoms with E-state index in [0.717, 1.165) is 19.4 Å². The van der Waals surface area contributed by atoms with Crippen molar-refractivity contribution in [3.63, 3.8) is 0 Å². The van der Waals surface area contributed by atoms with Gasteiger partial charge < -0.3 is 23.7 Å². The molecule has 0 aliphatic carbocycles. The minimum Gasteiger partial charge on any atom is -0.462 e. The Balaban J connectivity index is 3.17. The summed E-state index contributed by atoms with van der Waals surface area (Å²) in [6.45, 7) is 6.70. The van der Waals surface area contributed by atoms with Gasteiger partial charge in [-0.2, -0.15) is 0 Å². The van der Waals surface area contributed by atoms with Crippen LogP contribution in [0.3, 0.4) is 0 Å². The van der Waals surface area contributed by atoms with Gasteiger partial charge in [0, 0.05) is 6.61 Å². The van der Waals surface area contributed by atoms with Gasteiger partial charge in [-0.3, -0.25) is 0 Å². The van der Waals surface area contributed by atoms with E-state index in [-0.39, 0.29) is 19.8 Å². The molecule has 0 spiro atoms. The topological polar surface area (TPSA) is 63.2 Å². The summed E-state index contributed by atoms with van der Waals surface area (Å²) >= 11 is 0. The van der Waals surface area contributed by atoms with Crippen LogP contribution in [0, 0.1) is 0 Å². The summed E-state index contributed by atoms with van der Waals surface area (Å²) in [4.78, 5) is 10.9. The van der Waals surface area contributed by atoms with Crippen molar-refractivity contribution in [3.05, 3.63) is 0 Å². The lowest BCUT2D eigenvalue weighted by molar-refractivity contribution is -0.171. The van der Waals surface area contributed by atoms with E-state index in [2.05, 4.69) is 16.4 Å². The van der Waals surface area contributed by atoms with Crippen LogP contribution in [0.2, 0.25) is 0 Å². The number of halogens is 1. The lowest BCUT2D eigenvalue weighted by atomic mass is 10.4. The highest BCUT2D eigenvalue weighted by Crippen LogP contribution is 1.97. The standard InChI is InChI=1S/C14H27FO6/c1-3-5-6-17-7-8-18-9-10-19-11-12-21-13(15)14(16)20-4-2/h13H,3-12H2,1-2H3. The van der Waals surface area contributed by atoms with Gasteiger partial charge >= 0.3 is 5.97 Å². The normalized spacial score (nSPS) is 12.3. The van der Waals surface area contributed by atoms with E-state index in [4.69, 9.17) is 14.2 Å². The maximum atomic E-state index is 13.0. The Kier molecular flexibility index (Phi) is 15.1. The van der Waals surface area contributed by atoms with E-state index in [1.807, 2.05) is 0 Å². The molecule has 0 N–H and O–H groups in total. The highest BCUT2D eigenvalue weighted by Gasteiger charge is 2.18. The molecule has 0 saturated heterocycles. The van der Waals surface area contributed by atoms with Crippen molar-refractivity contribution in [3.8, 4) is 0 Å². The van der Waals surface area contributed by atoms with Crippen LogP contribution < -0.4 is 0 Å². The van der Waals surface area contributed by atoms with Crippen molar-refractivity contribution in [2.24, 2.45) is 0 Å². The quantitative estimate of drug-likeness (QED) is 0.339. The summed E-state index contributed by atoms with van der Waals surface area (Å²) in [5.41, 5.74) is 0. The highest BCUT2D eigenvalue weighted by atomic mass is 19.1. The molecule has 1 unspecified atom stereocenters. The van der Waals surface area contributed by atoms with Gasteiger partial charge in [-0.25, -0.2) is 9.18 Å². The molecule has 21 heavy (non-hydrogen) atoms. The predicted molar refractivity (Wildman–Crippen MR) is 74.8 cm³/mol. The van der Waals surface area contributed by atoms with Crippen molar-refractivity contribution in [1.82, 2.24) is 0 Å². The molecule has 0 aromatic heterocycles. The molecule has 0 fully saturated rings. The second-order valence-corrected chi connectivity index (χ2v) is 4.13. The molecule has 0 aliphatic heterocycles. The van der Waals surface area contributed by atoms with Gasteiger partial charge in [0.25, 0.3) is 6.36 Å². The van der Waals surface area contributed by atoms with Crippen molar-refractivity contribution >= 4 is 5.97 Å². The Morgan fingerprint density at radius 3 is 1.95 bits per heavy atom. The van der Waals surface area contributed by atoms with Gasteiger partial charge in [-0.15, -0.1) is 0 Å². The fourth-order valence-corrected chi connectivity index (χ4v) is 1.27. The first kappa shape index (κ1) is 20.2. The molecule has 126 valence electrons. The summed E-state index contributed by atoms with van der Waals surface area (Å²) < 4.78 is 37.8. The summed E-state index contributed by atoms with van der Waals surface area (Å²) in [5.74, 6) is -1.01. The second-order valence-electron chi connectivity index (χ2n) is 4.13. The number of hydrogen-bond acceptors (Lipinski definition) is 6. The zero-order valence-corrected chi connectivity index (χ0v) is 13.0. The molecule has 0 aromatic carbocycles. The molecule has 0 radical (unpaired) electrons. The van der Waals surface area contributed by atoms with Crippen LogP contribution in [0.15, 0.2) is 0 Å². The molecule has 0 amide bonds. The number of rotatable bonds is 15. The van der Waals surface area contributed by atoms with Crippen molar-refractivity contribution in [1.29, 1.82) is 0 Å². The van der Waals surface area contributed by atoms with Gasteiger partial charge in [0.05, 0.1) is 46.2 Å². The summed E-state index contributed by atoms with van der Waals surface area (Å²) in [6.07, 6.45) is 0.127. The maximum Gasteiger partial charge on any atom is 0.368 e. The minimum absolute atomic E-state index is 0.0138. The summed E-state index contributed by atoms with van der Waals surface area (Å²) in [5, 5.41) is 0.